The molecule has 4 rings (SSSR count). The van der Waals surface area contributed by atoms with Crippen LogP contribution < -0.4 is 10.2 Å². The van der Waals surface area contributed by atoms with E-state index < -0.39 is 0 Å². The number of ether oxygens (including phenoxy) is 1. The number of rotatable bonds is 6. The van der Waals surface area contributed by atoms with Gasteiger partial charge in [0.1, 0.15) is 0 Å². The van der Waals surface area contributed by atoms with E-state index >= 15 is 0 Å². The summed E-state index contributed by atoms with van der Waals surface area (Å²) in [5, 5.41) is 5.53. The molecule has 3 aromatic rings. The van der Waals surface area contributed by atoms with E-state index in [1.54, 1.807) is 11.8 Å². The van der Waals surface area contributed by atoms with Crippen molar-refractivity contribution in [3.8, 4) is 0 Å². The van der Waals surface area contributed by atoms with Gasteiger partial charge in [0.05, 0.1) is 25.0 Å². The van der Waals surface area contributed by atoms with Crippen molar-refractivity contribution in [3.63, 3.8) is 0 Å². The highest BCUT2D eigenvalue weighted by Crippen LogP contribution is 2.24. The molecule has 1 fully saturated rings. The van der Waals surface area contributed by atoms with Crippen molar-refractivity contribution in [2.24, 2.45) is 0 Å². The van der Waals surface area contributed by atoms with Gasteiger partial charge < -0.3 is 15.0 Å². The van der Waals surface area contributed by atoms with E-state index in [4.69, 9.17) is 4.74 Å². The average molecular weight is 407 g/mol. The number of carbonyl (C=O) groups is 1. The van der Waals surface area contributed by atoms with Crippen LogP contribution in [0.25, 0.3) is 10.8 Å². The van der Waals surface area contributed by atoms with Crippen LogP contribution in [0.4, 0.5) is 5.69 Å². The Kier molecular flexibility index (Phi) is 6.37. The van der Waals surface area contributed by atoms with E-state index in [1.165, 1.54) is 16.5 Å². The molecule has 29 heavy (non-hydrogen) atoms. The molecule has 0 aliphatic carbocycles. The summed E-state index contributed by atoms with van der Waals surface area (Å²) in [4.78, 5) is 15.9. The molecular weight excluding hydrogens is 380 g/mol. The highest BCUT2D eigenvalue weighted by molar-refractivity contribution is 8.00. The maximum absolute atomic E-state index is 12.4. The maximum Gasteiger partial charge on any atom is 0.230 e. The van der Waals surface area contributed by atoms with Crippen molar-refractivity contribution in [1.29, 1.82) is 0 Å². The zero-order valence-corrected chi connectivity index (χ0v) is 17.5. The Morgan fingerprint density at radius 2 is 1.76 bits per heavy atom. The third-order valence-corrected chi connectivity index (χ3v) is 6.23. The van der Waals surface area contributed by atoms with E-state index in [0.29, 0.717) is 5.75 Å². The molecule has 1 aliphatic heterocycles. The van der Waals surface area contributed by atoms with Crippen LogP contribution in [0.2, 0.25) is 0 Å². The highest BCUT2D eigenvalue weighted by Gasteiger charge is 2.13. The number of nitrogens with one attached hydrogen (secondary N) is 1. The fourth-order valence-corrected chi connectivity index (χ4v) is 4.32. The Bertz CT molecular complexity index is 968. The zero-order chi connectivity index (χ0) is 20.1. The Labute approximate surface area is 176 Å². The Morgan fingerprint density at radius 3 is 2.52 bits per heavy atom. The summed E-state index contributed by atoms with van der Waals surface area (Å²) in [5.74, 6) is 0.460. The number of carbonyl (C=O) groups excluding carboxylic acids is 1. The third kappa shape index (κ3) is 5.11. The number of morpholine rings is 1. The summed E-state index contributed by atoms with van der Waals surface area (Å²) in [6.07, 6.45) is 0. The lowest BCUT2D eigenvalue weighted by Crippen LogP contribution is -2.36. The van der Waals surface area contributed by atoms with Gasteiger partial charge >= 0.3 is 0 Å². The minimum Gasteiger partial charge on any atom is -0.378 e. The van der Waals surface area contributed by atoms with Gasteiger partial charge in [0.15, 0.2) is 0 Å². The number of thioether (sulfide) groups is 1. The van der Waals surface area contributed by atoms with Gasteiger partial charge in [-0.25, -0.2) is 0 Å². The first-order valence-corrected chi connectivity index (χ1v) is 11.0. The Balaban J connectivity index is 1.30. The molecule has 1 amide bonds. The van der Waals surface area contributed by atoms with Gasteiger partial charge in [0.2, 0.25) is 5.91 Å². The average Bonchev–Trinajstić information content (AvgIpc) is 2.78. The number of amides is 1. The van der Waals surface area contributed by atoms with Gasteiger partial charge in [-0.05, 0) is 47.5 Å². The third-order valence-electron chi connectivity index (χ3n) is 5.24. The quantitative estimate of drug-likeness (QED) is 0.605. The molecular formula is C24H26N2O2S. The molecule has 1 aliphatic rings. The molecule has 4 nitrogen and oxygen atoms in total. The van der Waals surface area contributed by atoms with Crippen LogP contribution >= 0.6 is 11.8 Å². The fraction of sp³-hybridized carbons (Fsp3) is 0.292. The number of anilines is 1. The van der Waals surface area contributed by atoms with E-state index in [9.17, 15) is 4.79 Å². The fourth-order valence-electron chi connectivity index (χ4n) is 3.57. The summed E-state index contributed by atoms with van der Waals surface area (Å²) in [5.41, 5.74) is 2.33. The number of hydrogen-bond acceptors (Lipinski definition) is 4. The second kappa shape index (κ2) is 9.33. The monoisotopic (exact) mass is 406 g/mol. The molecule has 0 radical (unpaired) electrons. The van der Waals surface area contributed by atoms with Crippen molar-refractivity contribution in [2.45, 2.75) is 17.9 Å². The number of nitrogens with zero attached hydrogens (tertiary/aromatic N) is 1. The minimum atomic E-state index is -0.0153. The highest BCUT2D eigenvalue weighted by atomic mass is 32.2. The molecule has 150 valence electrons. The van der Waals surface area contributed by atoms with Crippen molar-refractivity contribution in [2.75, 3.05) is 37.0 Å². The van der Waals surface area contributed by atoms with Gasteiger partial charge in [-0.2, -0.15) is 0 Å². The summed E-state index contributed by atoms with van der Waals surface area (Å²) in [7, 11) is 0. The van der Waals surface area contributed by atoms with E-state index in [1.807, 2.05) is 19.1 Å². The van der Waals surface area contributed by atoms with Crippen molar-refractivity contribution in [3.05, 3.63) is 72.3 Å². The lowest BCUT2D eigenvalue weighted by atomic mass is 10.1. The topological polar surface area (TPSA) is 41.6 Å². The largest absolute Gasteiger partial charge is 0.378 e. The predicted octanol–water partition coefficient (Wildman–Crippen LogP) is 4.65. The van der Waals surface area contributed by atoms with Crippen LogP contribution in [0.15, 0.2) is 71.6 Å². The standard InChI is InChI=1S/C24H26N2O2S/c1-18(19-6-9-22(10-7-19)26-12-14-28-15-13-26)25-24(27)17-29-23-11-8-20-4-2-3-5-21(20)16-23/h2-11,16,18H,12-15,17H2,1H3,(H,25,27). The first-order chi connectivity index (χ1) is 14.2. The van der Waals surface area contributed by atoms with E-state index in [-0.39, 0.29) is 11.9 Å². The number of benzene rings is 3. The Morgan fingerprint density at radius 1 is 1.03 bits per heavy atom. The predicted molar refractivity (Wildman–Crippen MR) is 121 cm³/mol. The SMILES string of the molecule is CC(NC(=O)CSc1ccc2ccccc2c1)c1ccc(N2CCOCC2)cc1. The summed E-state index contributed by atoms with van der Waals surface area (Å²) in [6.45, 7) is 5.45. The van der Waals surface area contributed by atoms with Crippen LogP contribution in [0.3, 0.4) is 0 Å². The molecule has 0 spiro atoms. The first kappa shape index (κ1) is 19.8. The van der Waals surface area contributed by atoms with Crippen LogP contribution in [0.1, 0.15) is 18.5 Å². The molecule has 0 aromatic heterocycles. The summed E-state index contributed by atoms with van der Waals surface area (Å²) < 4.78 is 5.41. The van der Waals surface area contributed by atoms with E-state index in [0.717, 1.165) is 36.8 Å². The van der Waals surface area contributed by atoms with Crippen molar-refractivity contribution < 1.29 is 9.53 Å². The van der Waals surface area contributed by atoms with Crippen molar-refractivity contribution in [1.82, 2.24) is 5.32 Å². The Hall–Kier alpha value is -2.50. The number of hydrogen-bond donors (Lipinski definition) is 1. The second-order valence-electron chi connectivity index (χ2n) is 7.28. The normalized spacial score (nSPS) is 15.3. The first-order valence-electron chi connectivity index (χ1n) is 10.0. The van der Waals surface area contributed by atoms with Crippen LogP contribution in [-0.2, 0) is 9.53 Å². The summed E-state index contributed by atoms with van der Waals surface area (Å²) >= 11 is 1.57. The van der Waals surface area contributed by atoms with Gasteiger partial charge in [0.25, 0.3) is 0 Å². The maximum atomic E-state index is 12.4. The number of fused-ring (bicyclic) bond motifs is 1. The zero-order valence-electron chi connectivity index (χ0n) is 16.6. The van der Waals surface area contributed by atoms with Crippen LogP contribution in [-0.4, -0.2) is 38.0 Å². The molecule has 0 bridgehead atoms. The van der Waals surface area contributed by atoms with Crippen LogP contribution in [0, 0.1) is 0 Å². The van der Waals surface area contributed by atoms with Gasteiger partial charge in [-0.1, -0.05) is 42.5 Å². The van der Waals surface area contributed by atoms with E-state index in [2.05, 4.69) is 64.8 Å². The van der Waals surface area contributed by atoms with Gasteiger partial charge in [-0.15, -0.1) is 11.8 Å². The molecule has 1 unspecified atom stereocenters. The molecule has 1 saturated heterocycles. The van der Waals surface area contributed by atoms with Crippen molar-refractivity contribution >= 4 is 34.1 Å². The molecule has 3 aromatic carbocycles. The molecule has 5 heteroatoms. The lowest BCUT2D eigenvalue weighted by molar-refractivity contribution is -0.119. The molecule has 0 saturated carbocycles. The molecule has 1 atom stereocenters. The second-order valence-corrected chi connectivity index (χ2v) is 8.33. The minimum absolute atomic E-state index is 0.0153. The van der Waals surface area contributed by atoms with Crippen LogP contribution in [0.5, 0.6) is 0 Å². The molecule has 1 heterocycles. The van der Waals surface area contributed by atoms with Gasteiger partial charge in [-0.3, -0.25) is 4.79 Å². The lowest BCUT2D eigenvalue weighted by Gasteiger charge is -2.29. The smallest absolute Gasteiger partial charge is 0.230 e. The van der Waals surface area contributed by atoms with Gasteiger partial charge in [0, 0.05) is 23.7 Å². The molecule has 1 N–H and O–H groups in total. The summed E-state index contributed by atoms with van der Waals surface area (Å²) in [6, 6.07) is 23.1.